The summed E-state index contributed by atoms with van der Waals surface area (Å²) in [6.45, 7) is 12.0. The minimum Gasteiger partial charge on any atom is -0.465 e. The molecule has 3 aliphatic rings. The molecule has 5 rings (SSSR count). The molecule has 3 aliphatic heterocycles. The molecule has 0 saturated carbocycles. The molecule has 0 bridgehead atoms. The number of nitrogens with one attached hydrogen (secondary N) is 2. The number of methoxy groups -OCH3 is 1. The molecule has 4 N–H and O–H groups in total. The van der Waals surface area contributed by atoms with Gasteiger partial charge in [0, 0.05) is 255 Å². The number of esters is 1. The Balaban J connectivity index is 0.000000936. The van der Waals surface area contributed by atoms with Crippen LogP contribution in [0.3, 0.4) is 0 Å². The third-order valence-electron chi connectivity index (χ3n) is 8.36. The van der Waals surface area contributed by atoms with Crippen LogP contribution in [0.25, 0.3) is 0 Å². The molecule has 2 atom stereocenters. The van der Waals surface area contributed by atoms with Crippen molar-refractivity contribution in [3.63, 3.8) is 0 Å². The minimum atomic E-state index is -0.551. The number of nitriles is 1. The van der Waals surface area contributed by atoms with Crippen LogP contribution in [0.4, 0.5) is 0 Å². The van der Waals surface area contributed by atoms with Gasteiger partial charge in [-0.05, 0) is 67.9 Å². The van der Waals surface area contributed by atoms with E-state index in [1.807, 2.05) is 44.8 Å². The number of hydrogen-bond acceptors (Lipinski definition) is 12. The maximum Gasteiger partial charge on any atom is 0.338 e. The molecule has 2 unspecified atom stereocenters. The van der Waals surface area contributed by atoms with E-state index in [9.17, 15) is 28.8 Å². The van der Waals surface area contributed by atoms with Crippen molar-refractivity contribution in [3.8, 4) is 6.07 Å². The van der Waals surface area contributed by atoms with Gasteiger partial charge in [0.25, 0.3) is 5.91 Å². The average molecular weight is 1640 g/mol. The summed E-state index contributed by atoms with van der Waals surface area (Å²) < 4.78 is 6.43. The molecule has 0 spiro atoms. The number of piperidine rings is 2. The fourth-order valence-electron chi connectivity index (χ4n) is 5.14. The largest absolute Gasteiger partial charge is 0.465 e. The number of hydrogen-bond donors (Lipinski definition) is 3. The molecule has 2 fully saturated rings. The number of benzene rings is 2. The molecular formula is C35H45Br3N6O7S23. The molecule has 39 heteroatoms. The van der Waals surface area contributed by atoms with Crippen LogP contribution in [0.2, 0.25) is 0 Å². The highest BCUT2D eigenvalue weighted by Crippen LogP contribution is 2.32. The van der Waals surface area contributed by atoms with Crippen LogP contribution in [-0.4, -0.2) is 84.1 Å². The lowest BCUT2D eigenvalue weighted by Crippen LogP contribution is -2.52. The van der Waals surface area contributed by atoms with Crippen LogP contribution in [-0.2, 0) is 245 Å². The standard InChI is InChI=1S/C13H11BrN2O3.C9H8Br2O2.C6H15N.C5H8N2O2.C2H3N.S23/c14-9-3-1-2-7-8(9)6-16(13(7)19)10-4-5-11(17)15-12(10)18;1-13-9(12)6-3-2-4-8(11)7(6)5-10;1-4-7(5-2)6-3;6-3-1-2-4(8)7-5(3)9;1-2-3;1-3-5-7-9-11-13-15-17-19-21-23-22-20-18-16-14-12-10-8-6-4-2/h1-3,10H,4-6H2,(H,15,17,18);2-4H,5H2,1H3;4-6H2,1-3H3;3H,1-2,6H2,(H,7,8,9);1H3;. The van der Waals surface area contributed by atoms with Crippen molar-refractivity contribution in [2.45, 2.75) is 77.3 Å². The van der Waals surface area contributed by atoms with Gasteiger partial charge in [0.2, 0.25) is 23.6 Å². The molecule has 0 aliphatic carbocycles. The molecule has 0 radical (unpaired) electrons. The zero-order valence-electron chi connectivity index (χ0n) is 38.8. The highest BCUT2D eigenvalue weighted by molar-refractivity contribution is 9.11. The summed E-state index contributed by atoms with van der Waals surface area (Å²) in [6.07, 6.45) is 1.51. The number of rotatable bonds is 6. The van der Waals surface area contributed by atoms with Gasteiger partial charge in [-0.25, -0.2) is 4.79 Å². The van der Waals surface area contributed by atoms with Crippen LogP contribution < -0.4 is 16.4 Å². The van der Waals surface area contributed by atoms with Gasteiger partial charge < -0.3 is 20.3 Å². The van der Waals surface area contributed by atoms with Crippen LogP contribution >= 0.6 is 47.8 Å². The lowest BCUT2D eigenvalue weighted by Gasteiger charge is -2.29. The van der Waals surface area contributed by atoms with Crippen molar-refractivity contribution in [1.29, 1.82) is 5.26 Å². The first-order valence-corrected chi connectivity index (χ1v) is 51.9. The van der Waals surface area contributed by atoms with Gasteiger partial charge in [0.1, 0.15) is 6.04 Å². The maximum atomic E-state index is 12.3. The van der Waals surface area contributed by atoms with Crippen molar-refractivity contribution < 1.29 is 33.5 Å². The Morgan fingerprint density at radius 1 is 0.716 bits per heavy atom. The normalized spacial score (nSPS) is 14.3. The Hall–Kier alpha value is 1.57. The fourth-order valence-corrected chi connectivity index (χ4v) is 59.3. The van der Waals surface area contributed by atoms with Gasteiger partial charge in [-0.15, -0.1) is 0 Å². The van der Waals surface area contributed by atoms with E-state index in [1.165, 1.54) is 56.3 Å². The van der Waals surface area contributed by atoms with Crippen molar-refractivity contribution in [1.82, 2.24) is 20.4 Å². The van der Waals surface area contributed by atoms with Gasteiger partial charge in [0.15, 0.2) is 0 Å². The van der Waals surface area contributed by atoms with Crippen LogP contribution in [0.1, 0.15) is 85.2 Å². The van der Waals surface area contributed by atoms with Gasteiger partial charge in [-0.1, -0.05) is 80.7 Å². The smallest absolute Gasteiger partial charge is 0.338 e. The minimum absolute atomic E-state index is 0.147. The molecule has 3 heterocycles. The SMILES string of the molecule is CC#N.CCN(CC)CC.COC(=O)c1cccc(Br)c1CBr.NC1CCC(=O)NC1=O.O=C1CCC(N2Cc3c(Br)cccc3C2=O)C(=O)N1.S=S=S=S=S=S=S=S=S=S=S=S=S=S=S=S=S=S=S=S=S=S=S. The summed E-state index contributed by atoms with van der Waals surface area (Å²) in [4.78, 5) is 71.5. The lowest BCUT2D eigenvalue weighted by atomic mass is 10.0. The first kappa shape index (κ1) is 75.6. The highest BCUT2D eigenvalue weighted by Gasteiger charge is 2.39. The Bertz CT molecular complexity index is 3240. The number of carbonyl (C=O) groups excluding carboxylic acids is 6. The van der Waals surface area contributed by atoms with Crippen LogP contribution in [0, 0.1) is 11.3 Å². The first-order chi connectivity index (χ1) is 35.7. The molecule has 2 saturated heterocycles. The van der Waals surface area contributed by atoms with E-state index in [-0.39, 0.29) is 41.9 Å². The van der Waals surface area contributed by atoms with Crippen LogP contribution in [0.5, 0.6) is 0 Å². The quantitative estimate of drug-likeness (QED) is 0.202. The third kappa shape index (κ3) is 34.8. The molecule has 13 nitrogen and oxygen atoms in total. The van der Waals surface area contributed by atoms with E-state index < -0.39 is 12.1 Å². The Labute approximate surface area is 526 Å². The number of alkyl halides is 1. The Morgan fingerprint density at radius 2 is 1.12 bits per heavy atom. The van der Waals surface area contributed by atoms with E-state index in [4.69, 9.17) is 33.4 Å². The number of carbonyl (C=O) groups is 6. The van der Waals surface area contributed by atoms with Gasteiger partial charge in [-0.3, -0.25) is 34.6 Å². The van der Waals surface area contributed by atoms with Crippen molar-refractivity contribution in [2.24, 2.45) is 5.73 Å². The summed E-state index contributed by atoms with van der Waals surface area (Å²) in [6, 6.07) is 11.6. The number of fused-ring (bicyclic) bond motifs is 1. The van der Waals surface area contributed by atoms with Crippen molar-refractivity contribution in [3.05, 3.63) is 67.6 Å². The van der Waals surface area contributed by atoms with E-state index in [1.54, 1.807) is 166 Å². The summed E-state index contributed by atoms with van der Waals surface area (Å²) in [5, 5.41) is 12.4. The zero-order chi connectivity index (χ0) is 55.5. The molecule has 5 amide bonds. The van der Waals surface area contributed by atoms with E-state index in [0.717, 1.165) is 20.1 Å². The fraction of sp³-hybridized carbons (Fsp3) is 0.457. The number of nitrogens with zero attached hydrogens (tertiary/aromatic N) is 3. The molecule has 416 valence electrons. The Kier molecular flexibility index (Phi) is 51.4. The highest BCUT2D eigenvalue weighted by atomic mass is 79.9. The van der Waals surface area contributed by atoms with E-state index >= 15 is 0 Å². The predicted octanol–water partition coefficient (Wildman–Crippen LogP) is 4.91. The maximum absolute atomic E-state index is 12.3. The second-order valence-electron chi connectivity index (χ2n) is 12.4. The van der Waals surface area contributed by atoms with Crippen LogP contribution in [0.15, 0.2) is 45.3 Å². The number of imide groups is 2. The first-order valence-electron chi connectivity index (χ1n) is 19.9. The number of ether oxygens (including phenoxy) is 1. The molecule has 2 aromatic carbocycles. The van der Waals surface area contributed by atoms with E-state index in [2.05, 4.69) is 88.8 Å². The second kappa shape index (κ2) is 50.3. The lowest BCUT2D eigenvalue weighted by molar-refractivity contribution is -0.137. The average Bonchev–Trinajstić information content (AvgIpc) is 3.73. The Morgan fingerprint density at radius 3 is 1.47 bits per heavy atom. The monoisotopic (exact) mass is 1630 g/mol. The zero-order valence-corrected chi connectivity index (χ0v) is 62.3. The third-order valence-corrected chi connectivity index (χ3v) is 54.9. The number of halogens is 3. The van der Waals surface area contributed by atoms with Gasteiger partial charge >= 0.3 is 5.97 Å². The van der Waals surface area contributed by atoms with Gasteiger partial charge in [-0.2, -0.15) is 5.26 Å². The summed E-state index contributed by atoms with van der Waals surface area (Å²) >= 11 is 19.6. The predicted molar refractivity (Wildman–Crippen MR) is 373 cm³/mol. The molecule has 2 aromatic rings. The topological polar surface area (TPSA) is 192 Å². The molecular weight excluding hydrogens is 1590 g/mol. The molecule has 74 heavy (non-hydrogen) atoms. The molecule has 0 aromatic heterocycles. The van der Waals surface area contributed by atoms with Crippen molar-refractivity contribution >= 4 is 292 Å². The number of amides is 5. The summed E-state index contributed by atoms with van der Waals surface area (Å²) in [5.74, 6) is -1.69. The summed E-state index contributed by atoms with van der Waals surface area (Å²) in [5.41, 5.74) is 8.30. The number of nitrogens with two attached hydrogens (primary N) is 1. The van der Waals surface area contributed by atoms with E-state index in [0.29, 0.717) is 42.3 Å². The van der Waals surface area contributed by atoms with Crippen molar-refractivity contribution in [2.75, 3.05) is 26.7 Å². The summed E-state index contributed by atoms with van der Waals surface area (Å²) in [7, 11) is 37.7. The second-order valence-corrected chi connectivity index (χ2v) is 51.8. The van der Waals surface area contributed by atoms with Gasteiger partial charge in [0.05, 0.1) is 24.8 Å².